The number of nitriles is 1. The molecule has 0 atom stereocenters. The number of halogens is 1. The van der Waals surface area contributed by atoms with Crippen molar-refractivity contribution in [3.63, 3.8) is 0 Å². The molecule has 17 heavy (non-hydrogen) atoms. The second kappa shape index (κ2) is 4.73. The van der Waals surface area contributed by atoms with Crippen LogP contribution in [-0.2, 0) is 6.42 Å². The zero-order valence-electron chi connectivity index (χ0n) is 9.92. The molecular weight excluding hydrogens is 232 g/mol. The highest BCUT2D eigenvalue weighted by molar-refractivity contribution is 6.30. The van der Waals surface area contributed by atoms with Crippen LogP contribution in [0.2, 0.25) is 5.15 Å². The minimum atomic E-state index is 0.470. The molecule has 0 spiro atoms. The van der Waals surface area contributed by atoms with E-state index in [4.69, 9.17) is 16.9 Å². The van der Waals surface area contributed by atoms with Gasteiger partial charge in [0.1, 0.15) is 5.15 Å². The van der Waals surface area contributed by atoms with E-state index in [0.29, 0.717) is 18.0 Å². The fourth-order valence-electron chi connectivity index (χ4n) is 2.01. The second-order valence-corrected chi connectivity index (χ2v) is 4.60. The molecule has 1 heterocycles. The first-order chi connectivity index (χ1) is 8.11. The lowest BCUT2D eigenvalue weighted by Crippen LogP contribution is -1.92. The van der Waals surface area contributed by atoms with Crippen molar-refractivity contribution >= 4 is 22.5 Å². The van der Waals surface area contributed by atoms with Crippen LogP contribution in [0.1, 0.15) is 23.1 Å². The summed E-state index contributed by atoms with van der Waals surface area (Å²) < 4.78 is 0. The predicted molar refractivity (Wildman–Crippen MR) is 70.2 cm³/mol. The zero-order valence-corrected chi connectivity index (χ0v) is 10.7. The van der Waals surface area contributed by atoms with Gasteiger partial charge in [-0.15, -0.1) is 0 Å². The van der Waals surface area contributed by atoms with Crippen LogP contribution in [0, 0.1) is 25.2 Å². The third-order valence-corrected chi connectivity index (χ3v) is 3.14. The molecule has 0 radical (unpaired) electrons. The fraction of sp³-hybridized carbons (Fsp3) is 0.286. The molecule has 0 amide bonds. The Balaban J connectivity index is 2.60. The van der Waals surface area contributed by atoms with Gasteiger partial charge in [0.15, 0.2) is 0 Å². The normalized spacial score (nSPS) is 10.5. The second-order valence-electron chi connectivity index (χ2n) is 4.24. The van der Waals surface area contributed by atoms with Gasteiger partial charge in [-0.05, 0) is 49.1 Å². The molecule has 1 aromatic heterocycles. The van der Waals surface area contributed by atoms with E-state index in [1.54, 1.807) is 0 Å². The summed E-state index contributed by atoms with van der Waals surface area (Å²) in [5.74, 6) is 0. The van der Waals surface area contributed by atoms with Gasteiger partial charge in [-0.2, -0.15) is 5.26 Å². The van der Waals surface area contributed by atoms with Gasteiger partial charge in [0.25, 0.3) is 0 Å². The fourth-order valence-corrected chi connectivity index (χ4v) is 2.25. The van der Waals surface area contributed by atoms with Gasteiger partial charge in [0, 0.05) is 11.8 Å². The van der Waals surface area contributed by atoms with Crippen LogP contribution in [0.15, 0.2) is 18.2 Å². The molecule has 86 valence electrons. The summed E-state index contributed by atoms with van der Waals surface area (Å²) in [6, 6.07) is 8.34. The standard InChI is InChI=1S/C14H13ClN2/c1-9-6-10(2)12-8-11(4-3-5-16)14(15)17-13(12)7-9/h6-8H,3-4H2,1-2H3. The number of benzene rings is 1. The first-order valence-corrected chi connectivity index (χ1v) is 5.93. The molecule has 2 aromatic rings. The molecule has 2 rings (SSSR count). The van der Waals surface area contributed by atoms with E-state index in [0.717, 1.165) is 16.5 Å². The van der Waals surface area contributed by atoms with Gasteiger partial charge in [-0.3, -0.25) is 0 Å². The highest BCUT2D eigenvalue weighted by Crippen LogP contribution is 2.25. The minimum Gasteiger partial charge on any atom is -0.236 e. The third kappa shape index (κ3) is 2.40. The molecular formula is C14H13ClN2. The number of nitrogens with zero attached hydrogens (tertiary/aromatic N) is 2. The first-order valence-electron chi connectivity index (χ1n) is 5.55. The molecule has 3 heteroatoms. The maximum atomic E-state index is 8.61. The third-order valence-electron chi connectivity index (χ3n) is 2.82. The van der Waals surface area contributed by atoms with E-state index in [-0.39, 0.29) is 0 Å². The topological polar surface area (TPSA) is 36.7 Å². The van der Waals surface area contributed by atoms with Crippen molar-refractivity contribution < 1.29 is 0 Å². The van der Waals surface area contributed by atoms with Gasteiger partial charge in [0.05, 0.1) is 11.6 Å². The minimum absolute atomic E-state index is 0.470. The van der Waals surface area contributed by atoms with Crippen LogP contribution in [0.4, 0.5) is 0 Å². The van der Waals surface area contributed by atoms with Crippen LogP contribution in [-0.4, -0.2) is 4.98 Å². The largest absolute Gasteiger partial charge is 0.236 e. The summed E-state index contributed by atoms with van der Waals surface area (Å²) in [5.41, 5.74) is 4.26. The van der Waals surface area contributed by atoms with Crippen molar-refractivity contribution in [3.8, 4) is 6.07 Å². The summed E-state index contributed by atoms with van der Waals surface area (Å²) in [7, 11) is 0. The van der Waals surface area contributed by atoms with E-state index in [2.05, 4.69) is 30.1 Å². The van der Waals surface area contributed by atoms with Crippen LogP contribution < -0.4 is 0 Å². The van der Waals surface area contributed by atoms with Crippen LogP contribution >= 0.6 is 11.6 Å². The maximum Gasteiger partial charge on any atom is 0.133 e. The van der Waals surface area contributed by atoms with Gasteiger partial charge in [0.2, 0.25) is 0 Å². The van der Waals surface area contributed by atoms with Crippen molar-refractivity contribution in [1.29, 1.82) is 5.26 Å². The molecule has 0 N–H and O–H groups in total. The summed E-state index contributed by atoms with van der Waals surface area (Å²) in [5, 5.41) is 10.2. The average molecular weight is 245 g/mol. The number of fused-ring (bicyclic) bond motifs is 1. The molecule has 0 unspecified atom stereocenters. The Kier molecular flexibility index (Phi) is 3.31. The SMILES string of the molecule is Cc1cc(C)c2cc(CCC#N)c(Cl)nc2c1. The van der Waals surface area contributed by atoms with Crippen molar-refractivity contribution in [2.75, 3.05) is 0 Å². The van der Waals surface area contributed by atoms with Gasteiger partial charge in [-0.1, -0.05) is 17.7 Å². The Labute approximate surface area is 106 Å². The van der Waals surface area contributed by atoms with Crippen molar-refractivity contribution in [2.45, 2.75) is 26.7 Å². The van der Waals surface area contributed by atoms with E-state index < -0.39 is 0 Å². The van der Waals surface area contributed by atoms with Crippen LogP contribution in [0.25, 0.3) is 10.9 Å². The Morgan fingerprint density at radius 1 is 1.29 bits per heavy atom. The molecule has 0 saturated carbocycles. The first kappa shape index (κ1) is 11.9. The molecule has 0 saturated heterocycles. The molecule has 2 nitrogen and oxygen atoms in total. The van der Waals surface area contributed by atoms with Gasteiger partial charge >= 0.3 is 0 Å². The summed E-state index contributed by atoms with van der Waals surface area (Å²) in [6.07, 6.45) is 1.13. The Morgan fingerprint density at radius 2 is 2.06 bits per heavy atom. The Hall–Kier alpha value is -1.59. The van der Waals surface area contributed by atoms with Crippen molar-refractivity contribution in [2.24, 2.45) is 0 Å². The summed E-state index contributed by atoms with van der Waals surface area (Å²) >= 11 is 6.12. The zero-order chi connectivity index (χ0) is 12.4. The smallest absolute Gasteiger partial charge is 0.133 e. The van der Waals surface area contributed by atoms with Crippen LogP contribution in [0.3, 0.4) is 0 Å². The van der Waals surface area contributed by atoms with Crippen LogP contribution in [0.5, 0.6) is 0 Å². The lowest BCUT2D eigenvalue weighted by molar-refractivity contribution is 1.00. The number of aromatic nitrogens is 1. The Bertz CT molecular complexity index is 612. The highest BCUT2D eigenvalue weighted by Gasteiger charge is 2.07. The number of pyridine rings is 1. The Morgan fingerprint density at radius 3 is 2.76 bits per heavy atom. The molecule has 0 aliphatic carbocycles. The quantitative estimate of drug-likeness (QED) is 0.750. The van der Waals surface area contributed by atoms with Crippen molar-refractivity contribution in [1.82, 2.24) is 4.98 Å². The number of aryl methyl sites for hydroxylation is 3. The van der Waals surface area contributed by atoms with Gasteiger partial charge in [-0.25, -0.2) is 4.98 Å². The lowest BCUT2D eigenvalue weighted by atomic mass is 10.0. The van der Waals surface area contributed by atoms with Gasteiger partial charge < -0.3 is 0 Å². The molecule has 1 aromatic carbocycles. The van der Waals surface area contributed by atoms with E-state index in [1.807, 2.05) is 13.0 Å². The molecule has 0 fully saturated rings. The van der Waals surface area contributed by atoms with E-state index in [9.17, 15) is 0 Å². The van der Waals surface area contributed by atoms with E-state index >= 15 is 0 Å². The maximum absolute atomic E-state index is 8.61. The molecule has 0 bridgehead atoms. The van der Waals surface area contributed by atoms with Crippen molar-refractivity contribution in [3.05, 3.63) is 40.0 Å². The summed E-state index contributed by atoms with van der Waals surface area (Å²) in [6.45, 7) is 4.12. The molecule has 0 aliphatic heterocycles. The lowest BCUT2D eigenvalue weighted by Gasteiger charge is -2.07. The monoisotopic (exact) mass is 244 g/mol. The number of hydrogen-bond acceptors (Lipinski definition) is 2. The molecule has 0 aliphatic rings. The number of rotatable bonds is 2. The number of hydrogen-bond donors (Lipinski definition) is 0. The average Bonchev–Trinajstić information content (AvgIpc) is 2.26. The highest BCUT2D eigenvalue weighted by atomic mass is 35.5. The van der Waals surface area contributed by atoms with E-state index in [1.165, 1.54) is 11.1 Å². The predicted octanol–water partition coefficient (Wildman–Crippen LogP) is 3.96. The summed E-state index contributed by atoms with van der Waals surface area (Å²) in [4.78, 5) is 4.41.